The molecule has 0 aliphatic rings. The van der Waals surface area contributed by atoms with E-state index in [4.69, 9.17) is 0 Å². The van der Waals surface area contributed by atoms with E-state index < -0.39 is 0 Å². The van der Waals surface area contributed by atoms with Crippen LogP contribution in [-0.4, -0.2) is 17.4 Å². The molecule has 0 aliphatic carbocycles. The van der Waals surface area contributed by atoms with Gasteiger partial charge in [-0.05, 0) is 31.2 Å². The molecule has 0 bridgehead atoms. The first-order chi connectivity index (χ1) is 9.19. The Bertz CT molecular complexity index is 644. The summed E-state index contributed by atoms with van der Waals surface area (Å²) in [6.45, 7) is 6.06. The average molecular weight is 252 g/mol. The van der Waals surface area contributed by atoms with Crippen molar-refractivity contribution in [2.45, 2.75) is 6.92 Å². The molecule has 3 nitrogen and oxygen atoms in total. The summed E-state index contributed by atoms with van der Waals surface area (Å²) < 4.78 is 0. The van der Waals surface area contributed by atoms with Crippen LogP contribution in [-0.2, 0) is 4.79 Å². The highest BCUT2D eigenvalue weighted by Gasteiger charge is 1.97. The van der Waals surface area contributed by atoms with Gasteiger partial charge in [0.2, 0.25) is 5.91 Å². The predicted octanol–water partition coefficient (Wildman–Crippen LogP) is 2.86. The van der Waals surface area contributed by atoms with Gasteiger partial charge in [-0.25, -0.2) is 4.98 Å². The number of benzene rings is 1. The minimum Gasteiger partial charge on any atom is -0.349 e. The van der Waals surface area contributed by atoms with E-state index in [1.54, 1.807) is 12.2 Å². The Morgan fingerprint density at radius 1 is 1.37 bits per heavy atom. The van der Waals surface area contributed by atoms with E-state index in [1.807, 2.05) is 24.3 Å². The number of pyridine rings is 1. The largest absolute Gasteiger partial charge is 0.349 e. The molecular formula is C16H16N2O. The summed E-state index contributed by atoms with van der Waals surface area (Å²) in [5.41, 5.74) is 2.91. The maximum atomic E-state index is 11.4. The predicted molar refractivity (Wildman–Crippen MR) is 78.7 cm³/mol. The summed E-state index contributed by atoms with van der Waals surface area (Å²) in [5.74, 6) is -0.147. The zero-order valence-electron chi connectivity index (χ0n) is 10.9. The maximum Gasteiger partial charge on any atom is 0.244 e. The number of nitrogens with zero attached hydrogens (tertiary/aromatic N) is 1. The molecule has 19 heavy (non-hydrogen) atoms. The molecule has 0 saturated heterocycles. The normalized spacial score (nSPS) is 10.8. The number of carbonyl (C=O) groups excluding carboxylic acids is 1. The van der Waals surface area contributed by atoms with Gasteiger partial charge in [-0.1, -0.05) is 23.8 Å². The molecule has 1 N–H and O–H groups in total. The number of amides is 1. The highest BCUT2D eigenvalue weighted by molar-refractivity contribution is 5.92. The number of hydrogen-bond acceptors (Lipinski definition) is 2. The minimum atomic E-state index is -0.147. The molecule has 0 atom stereocenters. The van der Waals surface area contributed by atoms with Gasteiger partial charge in [0.1, 0.15) is 0 Å². The van der Waals surface area contributed by atoms with Crippen molar-refractivity contribution in [2.24, 2.45) is 0 Å². The van der Waals surface area contributed by atoms with Crippen LogP contribution in [0.4, 0.5) is 0 Å². The molecule has 96 valence electrons. The van der Waals surface area contributed by atoms with Crippen molar-refractivity contribution in [3.8, 4) is 0 Å². The number of aromatic nitrogens is 1. The van der Waals surface area contributed by atoms with Crippen LogP contribution in [0, 0.1) is 6.92 Å². The summed E-state index contributed by atoms with van der Waals surface area (Å²) in [5, 5.41) is 3.78. The molecule has 0 unspecified atom stereocenters. The number of hydrogen-bond donors (Lipinski definition) is 1. The number of rotatable bonds is 4. The maximum absolute atomic E-state index is 11.4. The molecule has 0 spiro atoms. The van der Waals surface area contributed by atoms with Gasteiger partial charge < -0.3 is 5.32 Å². The Hall–Kier alpha value is -2.42. The first-order valence-electron chi connectivity index (χ1n) is 6.13. The number of aryl methyl sites for hydroxylation is 1. The Labute approximate surface area is 112 Å². The monoisotopic (exact) mass is 252 g/mol. The third kappa shape index (κ3) is 3.52. The van der Waals surface area contributed by atoms with E-state index in [2.05, 4.69) is 29.9 Å². The fourth-order valence-electron chi connectivity index (χ4n) is 1.75. The van der Waals surface area contributed by atoms with Crippen LogP contribution in [0.1, 0.15) is 11.3 Å². The van der Waals surface area contributed by atoms with E-state index in [0.29, 0.717) is 6.54 Å². The van der Waals surface area contributed by atoms with Gasteiger partial charge >= 0.3 is 0 Å². The molecule has 2 aromatic rings. The topological polar surface area (TPSA) is 42.0 Å². The smallest absolute Gasteiger partial charge is 0.244 e. The minimum absolute atomic E-state index is 0.147. The van der Waals surface area contributed by atoms with Gasteiger partial charge in [-0.3, -0.25) is 4.79 Å². The first kappa shape index (κ1) is 13.0. The van der Waals surface area contributed by atoms with Gasteiger partial charge in [0, 0.05) is 18.0 Å². The molecule has 1 amide bonds. The SMILES string of the molecule is C=CCNC(=O)/C=C/c1ccc2cc(C)ccc2n1. The van der Waals surface area contributed by atoms with Gasteiger partial charge in [0.05, 0.1) is 11.2 Å². The Kier molecular flexibility index (Phi) is 4.08. The summed E-state index contributed by atoms with van der Waals surface area (Å²) in [6, 6.07) is 10.0. The summed E-state index contributed by atoms with van der Waals surface area (Å²) in [4.78, 5) is 15.9. The van der Waals surface area contributed by atoms with Crippen LogP contribution in [0.5, 0.6) is 0 Å². The van der Waals surface area contributed by atoms with Gasteiger partial charge in [0.25, 0.3) is 0 Å². The summed E-state index contributed by atoms with van der Waals surface area (Å²) in [7, 11) is 0. The fourth-order valence-corrected chi connectivity index (χ4v) is 1.75. The van der Waals surface area contributed by atoms with E-state index in [1.165, 1.54) is 11.6 Å². The fraction of sp³-hybridized carbons (Fsp3) is 0.125. The van der Waals surface area contributed by atoms with Crippen LogP contribution in [0.25, 0.3) is 17.0 Å². The van der Waals surface area contributed by atoms with Crippen molar-refractivity contribution in [2.75, 3.05) is 6.54 Å². The summed E-state index contributed by atoms with van der Waals surface area (Å²) >= 11 is 0. The van der Waals surface area contributed by atoms with Crippen LogP contribution in [0.15, 0.2) is 49.1 Å². The van der Waals surface area contributed by atoms with Crippen molar-refractivity contribution in [1.29, 1.82) is 0 Å². The van der Waals surface area contributed by atoms with Crippen molar-refractivity contribution in [3.05, 3.63) is 60.3 Å². The lowest BCUT2D eigenvalue weighted by atomic mass is 10.1. The number of carbonyl (C=O) groups is 1. The van der Waals surface area contributed by atoms with Crippen molar-refractivity contribution in [1.82, 2.24) is 10.3 Å². The molecular weight excluding hydrogens is 236 g/mol. The van der Waals surface area contributed by atoms with Crippen LogP contribution < -0.4 is 5.32 Å². The van der Waals surface area contributed by atoms with E-state index in [-0.39, 0.29) is 5.91 Å². The van der Waals surface area contributed by atoms with Gasteiger partial charge in [-0.2, -0.15) is 0 Å². The highest BCUT2D eigenvalue weighted by Crippen LogP contribution is 2.14. The number of nitrogens with one attached hydrogen (secondary N) is 1. The lowest BCUT2D eigenvalue weighted by Crippen LogP contribution is -2.20. The highest BCUT2D eigenvalue weighted by atomic mass is 16.1. The van der Waals surface area contributed by atoms with Crippen LogP contribution in [0.2, 0.25) is 0 Å². The second-order valence-electron chi connectivity index (χ2n) is 4.30. The zero-order valence-corrected chi connectivity index (χ0v) is 10.9. The van der Waals surface area contributed by atoms with Gasteiger partial charge in [-0.15, -0.1) is 6.58 Å². The molecule has 0 radical (unpaired) electrons. The second-order valence-corrected chi connectivity index (χ2v) is 4.30. The molecule has 3 heteroatoms. The first-order valence-corrected chi connectivity index (χ1v) is 6.13. The Balaban J connectivity index is 2.17. The molecule has 1 heterocycles. The van der Waals surface area contributed by atoms with E-state index in [9.17, 15) is 4.79 Å². The third-order valence-electron chi connectivity index (χ3n) is 2.69. The molecule has 0 aliphatic heterocycles. The van der Waals surface area contributed by atoms with E-state index in [0.717, 1.165) is 16.6 Å². The lowest BCUT2D eigenvalue weighted by molar-refractivity contribution is -0.116. The number of fused-ring (bicyclic) bond motifs is 1. The van der Waals surface area contributed by atoms with Crippen molar-refractivity contribution < 1.29 is 4.79 Å². The molecule has 0 fully saturated rings. The quantitative estimate of drug-likeness (QED) is 0.671. The van der Waals surface area contributed by atoms with Gasteiger partial charge in [0.15, 0.2) is 0 Å². The zero-order chi connectivity index (χ0) is 13.7. The van der Waals surface area contributed by atoms with Crippen LogP contribution in [0.3, 0.4) is 0 Å². The average Bonchev–Trinajstić information content (AvgIpc) is 2.42. The van der Waals surface area contributed by atoms with Crippen LogP contribution >= 0.6 is 0 Å². The molecule has 2 rings (SSSR count). The molecule has 1 aromatic carbocycles. The lowest BCUT2D eigenvalue weighted by Gasteiger charge is -2.00. The van der Waals surface area contributed by atoms with Crippen molar-refractivity contribution in [3.63, 3.8) is 0 Å². The standard InChI is InChI=1S/C16H16N2O/c1-3-10-17-16(19)9-7-14-6-5-13-11-12(2)4-8-15(13)18-14/h3-9,11H,1,10H2,2H3,(H,17,19)/b9-7+. The molecule has 1 aromatic heterocycles. The Morgan fingerprint density at radius 2 is 2.21 bits per heavy atom. The second kappa shape index (κ2) is 5.96. The third-order valence-corrected chi connectivity index (χ3v) is 2.69. The Morgan fingerprint density at radius 3 is 3.00 bits per heavy atom. The van der Waals surface area contributed by atoms with E-state index >= 15 is 0 Å². The van der Waals surface area contributed by atoms with Crippen molar-refractivity contribution >= 4 is 22.9 Å². The summed E-state index contributed by atoms with van der Waals surface area (Å²) in [6.07, 6.45) is 4.83. The molecule has 0 saturated carbocycles.